The largest absolute Gasteiger partial charge is 0.363 e. The van der Waals surface area contributed by atoms with Gasteiger partial charge in [0.15, 0.2) is 5.78 Å². The average molecular weight is 319 g/mol. The van der Waals surface area contributed by atoms with Crippen LogP contribution < -0.4 is 0 Å². The molecule has 0 radical (unpaired) electrons. The quantitative estimate of drug-likeness (QED) is 0.475. The lowest BCUT2D eigenvalue weighted by Crippen LogP contribution is -2.20. The molecule has 1 aromatic carbocycles. The molecule has 0 N–H and O–H groups in total. The van der Waals surface area contributed by atoms with Gasteiger partial charge in [-0.1, -0.05) is 48.6 Å². The molecular formula is C16H15BrO2. The maximum Gasteiger partial charge on any atom is 0.185 e. The molecule has 0 aliphatic heterocycles. The highest BCUT2D eigenvalue weighted by Gasteiger charge is 2.23. The molecule has 2 rings (SSSR count). The van der Waals surface area contributed by atoms with E-state index in [4.69, 9.17) is 4.74 Å². The highest BCUT2D eigenvalue weighted by atomic mass is 79.9. The van der Waals surface area contributed by atoms with E-state index in [1.165, 1.54) is 0 Å². The smallest absolute Gasteiger partial charge is 0.185 e. The van der Waals surface area contributed by atoms with Gasteiger partial charge in [-0.05, 0) is 33.7 Å². The Kier molecular flexibility index (Phi) is 4.51. The molecule has 1 atom stereocenters. The van der Waals surface area contributed by atoms with E-state index in [2.05, 4.69) is 15.9 Å². The van der Waals surface area contributed by atoms with Crippen molar-refractivity contribution < 1.29 is 9.53 Å². The van der Waals surface area contributed by atoms with Crippen LogP contribution >= 0.6 is 15.9 Å². The van der Waals surface area contributed by atoms with Gasteiger partial charge in [0.05, 0.1) is 0 Å². The van der Waals surface area contributed by atoms with Crippen LogP contribution in [0.4, 0.5) is 0 Å². The van der Waals surface area contributed by atoms with Crippen LogP contribution in [0.25, 0.3) is 0 Å². The van der Waals surface area contributed by atoms with Crippen molar-refractivity contribution in [3.8, 4) is 0 Å². The standard InChI is InChI=1S/C16H15BrO2/c1-19-16(17)11-9-13(10-12-16)7-8-15(18)14-5-3-2-4-6-14/h2-11H,12H2,1H3. The third-order valence-electron chi connectivity index (χ3n) is 2.97. The zero-order chi connectivity index (χ0) is 13.7. The number of carbonyl (C=O) groups excluding carboxylic acids is 1. The van der Waals surface area contributed by atoms with Gasteiger partial charge in [-0.3, -0.25) is 4.79 Å². The predicted molar refractivity (Wildman–Crippen MR) is 80.4 cm³/mol. The monoisotopic (exact) mass is 318 g/mol. The molecule has 2 nitrogen and oxygen atoms in total. The van der Waals surface area contributed by atoms with Crippen LogP contribution in [-0.4, -0.2) is 17.4 Å². The SMILES string of the molecule is COC1(Br)C=CC(C=CC(=O)c2ccccc2)=CC1. The van der Waals surface area contributed by atoms with Crippen LogP contribution in [0, 0.1) is 0 Å². The summed E-state index contributed by atoms with van der Waals surface area (Å²) in [4.78, 5) is 11.9. The van der Waals surface area contributed by atoms with Crippen molar-refractivity contribution in [3.05, 3.63) is 71.8 Å². The van der Waals surface area contributed by atoms with E-state index in [0.717, 1.165) is 12.0 Å². The number of halogens is 1. The van der Waals surface area contributed by atoms with E-state index in [0.29, 0.717) is 5.56 Å². The summed E-state index contributed by atoms with van der Waals surface area (Å²) >= 11 is 3.49. The van der Waals surface area contributed by atoms with Gasteiger partial charge in [-0.15, -0.1) is 0 Å². The lowest BCUT2D eigenvalue weighted by Gasteiger charge is -2.23. The molecule has 0 heterocycles. The molecule has 0 fully saturated rings. The summed E-state index contributed by atoms with van der Waals surface area (Å²) < 4.78 is 4.91. The molecule has 0 bridgehead atoms. The van der Waals surface area contributed by atoms with Gasteiger partial charge >= 0.3 is 0 Å². The number of alkyl halides is 1. The van der Waals surface area contributed by atoms with Crippen molar-refractivity contribution in [2.75, 3.05) is 7.11 Å². The Morgan fingerprint density at radius 3 is 2.68 bits per heavy atom. The number of hydrogen-bond acceptors (Lipinski definition) is 2. The number of hydrogen-bond donors (Lipinski definition) is 0. The van der Waals surface area contributed by atoms with Crippen LogP contribution in [-0.2, 0) is 4.74 Å². The Hall–Kier alpha value is -1.45. The van der Waals surface area contributed by atoms with Crippen LogP contribution in [0.2, 0.25) is 0 Å². The lowest BCUT2D eigenvalue weighted by atomic mass is 10.0. The molecule has 0 amide bonds. The predicted octanol–water partition coefficient (Wildman–Crippen LogP) is 4.05. The Bertz CT molecular complexity index is 543. The second-order valence-electron chi connectivity index (χ2n) is 4.30. The first kappa shape index (κ1) is 14.0. The Balaban J connectivity index is 2.02. The van der Waals surface area contributed by atoms with Crippen molar-refractivity contribution in [1.82, 2.24) is 0 Å². The minimum Gasteiger partial charge on any atom is -0.363 e. The maximum atomic E-state index is 11.9. The molecule has 3 heteroatoms. The fraction of sp³-hybridized carbons (Fsp3) is 0.188. The third kappa shape index (κ3) is 3.75. The zero-order valence-electron chi connectivity index (χ0n) is 10.7. The first-order valence-electron chi connectivity index (χ1n) is 6.04. The second kappa shape index (κ2) is 6.13. The minimum atomic E-state index is -0.409. The zero-order valence-corrected chi connectivity index (χ0v) is 12.3. The normalized spacial score (nSPS) is 22.5. The summed E-state index contributed by atoms with van der Waals surface area (Å²) in [5.74, 6) is 0.0114. The van der Waals surface area contributed by atoms with Crippen LogP contribution in [0.5, 0.6) is 0 Å². The topological polar surface area (TPSA) is 26.3 Å². The molecule has 1 aromatic rings. The Morgan fingerprint density at radius 1 is 1.37 bits per heavy atom. The van der Waals surface area contributed by atoms with Gasteiger partial charge in [-0.25, -0.2) is 0 Å². The fourth-order valence-corrected chi connectivity index (χ4v) is 2.05. The number of allylic oxidation sites excluding steroid dienone is 4. The second-order valence-corrected chi connectivity index (χ2v) is 5.64. The lowest BCUT2D eigenvalue weighted by molar-refractivity contribution is 0.104. The van der Waals surface area contributed by atoms with E-state index >= 15 is 0 Å². The highest BCUT2D eigenvalue weighted by Crippen LogP contribution is 2.30. The van der Waals surface area contributed by atoms with Crippen molar-refractivity contribution >= 4 is 21.7 Å². The van der Waals surface area contributed by atoms with Crippen molar-refractivity contribution in [2.45, 2.75) is 10.9 Å². The van der Waals surface area contributed by atoms with Gasteiger partial charge in [0, 0.05) is 19.1 Å². The van der Waals surface area contributed by atoms with Crippen molar-refractivity contribution in [1.29, 1.82) is 0 Å². The van der Waals surface area contributed by atoms with Crippen LogP contribution in [0.3, 0.4) is 0 Å². The van der Waals surface area contributed by atoms with Crippen molar-refractivity contribution in [3.63, 3.8) is 0 Å². The number of ether oxygens (including phenoxy) is 1. The fourth-order valence-electron chi connectivity index (χ4n) is 1.76. The molecule has 0 saturated heterocycles. The molecule has 1 aliphatic rings. The average Bonchev–Trinajstić information content (AvgIpc) is 2.47. The number of benzene rings is 1. The molecular weight excluding hydrogens is 304 g/mol. The van der Waals surface area contributed by atoms with Crippen LogP contribution in [0.15, 0.2) is 66.3 Å². The number of carbonyl (C=O) groups is 1. The maximum absolute atomic E-state index is 11.9. The number of ketones is 1. The highest BCUT2D eigenvalue weighted by molar-refractivity contribution is 9.10. The van der Waals surface area contributed by atoms with Crippen LogP contribution in [0.1, 0.15) is 16.8 Å². The molecule has 1 aliphatic carbocycles. The summed E-state index contributed by atoms with van der Waals surface area (Å²) in [5.41, 5.74) is 1.71. The summed E-state index contributed by atoms with van der Waals surface area (Å²) in [6.45, 7) is 0. The molecule has 0 aromatic heterocycles. The van der Waals surface area contributed by atoms with Gasteiger partial charge in [0.1, 0.15) is 4.51 Å². The first-order valence-corrected chi connectivity index (χ1v) is 6.83. The summed E-state index contributed by atoms with van der Waals surface area (Å²) in [5, 5.41) is 0. The first-order chi connectivity index (χ1) is 9.13. The Morgan fingerprint density at radius 2 is 2.11 bits per heavy atom. The van der Waals surface area contributed by atoms with Gasteiger partial charge in [0.2, 0.25) is 0 Å². The van der Waals surface area contributed by atoms with E-state index in [1.54, 1.807) is 13.2 Å². The molecule has 19 heavy (non-hydrogen) atoms. The minimum absolute atomic E-state index is 0.0114. The Labute approximate surface area is 121 Å². The molecule has 0 saturated carbocycles. The van der Waals surface area contributed by atoms with E-state index in [-0.39, 0.29) is 5.78 Å². The number of rotatable bonds is 4. The van der Waals surface area contributed by atoms with E-state index in [1.807, 2.05) is 54.6 Å². The third-order valence-corrected chi connectivity index (χ3v) is 3.88. The number of methoxy groups -OCH3 is 1. The summed E-state index contributed by atoms with van der Waals surface area (Å²) in [6.07, 6.45) is 10.1. The van der Waals surface area contributed by atoms with Crippen molar-refractivity contribution in [2.24, 2.45) is 0 Å². The van der Waals surface area contributed by atoms with E-state index < -0.39 is 4.51 Å². The molecule has 98 valence electrons. The van der Waals surface area contributed by atoms with Gasteiger partial charge in [0.25, 0.3) is 0 Å². The van der Waals surface area contributed by atoms with Gasteiger partial charge in [-0.2, -0.15) is 0 Å². The van der Waals surface area contributed by atoms with E-state index in [9.17, 15) is 4.79 Å². The summed E-state index contributed by atoms with van der Waals surface area (Å²) in [7, 11) is 1.66. The van der Waals surface area contributed by atoms with Gasteiger partial charge < -0.3 is 4.74 Å². The molecule has 0 spiro atoms. The summed E-state index contributed by atoms with van der Waals surface area (Å²) in [6, 6.07) is 9.24. The molecule has 1 unspecified atom stereocenters.